The van der Waals surface area contributed by atoms with Gasteiger partial charge >= 0.3 is 11.9 Å². The zero-order valence-corrected chi connectivity index (χ0v) is 10.9. The maximum atomic E-state index is 11.6. The summed E-state index contributed by atoms with van der Waals surface area (Å²) in [6.07, 6.45) is 10.8. The molecular formula is C16H14O4. The maximum absolute atomic E-state index is 11.6. The monoisotopic (exact) mass is 270 g/mol. The van der Waals surface area contributed by atoms with Crippen molar-refractivity contribution < 1.29 is 19.1 Å². The Morgan fingerprint density at radius 3 is 1.50 bits per heavy atom. The van der Waals surface area contributed by atoms with Crippen LogP contribution in [0, 0.1) is 24.7 Å². The minimum absolute atomic E-state index is 0.172. The standard InChI is InChI=1S/C16H14O4/c1-3-5-11-19-15(17)13-7-9-14(10-8-13)16(18)20-12-6-4-2/h1-2,7-10H,5-6,11-12H2. The van der Waals surface area contributed by atoms with Crippen LogP contribution in [0.2, 0.25) is 0 Å². The third-order valence-electron chi connectivity index (χ3n) is 2.32. The van der Waals surface area contributed by atoms with Crippen molar-refractivity contribution in [3.63, 3.8) is 0 Å². The second-order valence-corrected chi connectivity index (χ2v) is 3.76. The SMILES string of the molecule is C#CCCOC(=O)c1ccc(C(=O)OCCC#C)cc1. The van der Waals surface area contributed by atoms with Gasteiger partial charge in [-0.1, -0.05) is 0 Å². The number of rotatable bonds is 6. The van der Waals surface area contributed by atoms with Gasteiger partial charge in [-0.15, -0.1) is 24.7 Å². The molecule has 1 rings (SSSR count). The van der Waals surface area contributed by atoms with Crippen LogP contribution in [0.25, 0.3) is 0 Å². The zero-order valence-electron chi connectivity index (χ0n) is 10.9. The van der Waals surface area contributed by atoms with Crippen molar-refractivity contribution in [1.82, 2.24) is 0 Å². The molecule has 0 saturated carbocycles. The normalized spacial score (nSPS) is 9.10. The summed E-state index contributed by atoms with van der Waals surface area (Å²) in [6.45, 7) is 0.344. The lowest BCUT2D eigenvalue weighted by atomic mass is 10.1. The van der Waals surface area contributed by atoms with Gasteiger partial charge in [0.05, 0.1) is 11.1 Å². The van der Waals surface area contributed by atoms with Gasteiger partial charge in [-0.25, -0.2) is 9.59 Å². The van der Waals surface area contributed by atoms with Crippen LogP contribution in [-0.4, -0.2) is 25.2 Å². The fraction of sp³-hybridized carbons (Fsp3) is 0.250. The fourth-order valence-electron chi connectivity index (χ4n) is 1.31. The van der Waals surface area contributed by atoms with Crippen LogP contribution < -0.4 is 0 Å². The summed E-state index contributed by atoms with van der Waals surface area (Å²) in [5.41, 5.74) is 0.699. The molecule has 4 nitrogen and oxygen atoms in total. The van der Waals surface area contributed by atoms with E-state index in [9.17, 15) is 9.59 Å². The Hall–Kier alpha value is -2.72. The summed E-state index contributed by atoms with van der Waals surface area (Å²) in [5, 5.41) is 0. The number of ether oxygens (including phenoxy) is 2. The average molecular weight is 270 g/mol. The van der Waals surface area contributed by atoms with Gasteiger partial charge in [0.25, 0.3) is 0 Å². The summed E-state index contributed by atoms with van der Waals surface area (Å²) in [5.74, 6) is 3.78. The number of carbonyl (C=O) groups is 2. The minimum atomic E-state index is -0.479. The summed E-state index contributed by atoms with van der Waals surface area (Å²) < 4.78 is 9.86. The van der Waals surface area contributed by atoms with Crippen LogP contribution in [0.4, 0.5) is 0 Å². The van der Waals surface area contributed by atoms with Crippen LogP contribution in [0.5, 0.6) is 0 Å². The van der Waals surface area contributed by atoms with E-state index in [-0.39, 0.29) is 13.2 Å². The lowest BCUT2D eigenvalue weighted by Gasteiger charge is -2.05. The van der Waals surface area contributed by atoms with Crippen LogP contribution in [-0.2, 0) is 9.47 Å². The van der Waals surface area contributed by atoms with Gasteiger partial charge in [-0.05, 0) is 24.3 Å². The molecule has 0 aliphatic rings. The molecule has 0 fully saturated rings. The predicted octanol–water partition coefficient (Wildman–Crippen LogP) is 2.05. The van der Waals surface area contributed by atoms with Crippen molar-refractivity contribution in [3.8, 4) is 24.7 Å². The molecule has 0 heterocycles. The molecule has 0 spiro atoms. The van der Waals surface area contributed by atoms with Gasteiger partial charge in [0, 0.05) is 12.8 Å². The molecule has 0 bridgehead atoms. The Morgan fingerprint density at radius 2 is 1.20 bits per heavy atom. The molecule has 0 aliphatic carbocycles. The first-order valence-corrected chi connectivity index (χ1v) is 6.00. The number of hydrogen-bond donors (Lipinski definition) is 0. The quantitative estimate of drug-likeness (QED) is 0.451. The van der Waals surface area contributed by atoms with E-state index in [4.69, 9.17) is 22.3 Å². The van der Waals surface area contributed by atoms with E-state index in [2.05, 4.69) is 11.8 Å². The molecular weight excluding hydrogens is 256 g/mol. The van der Waals surface area contributed by atoms with E-state index in [1.165, 1.54) is 24.3 Å². The van der Waals surface area contributed by atoms with E-state index in [1.54, 1.807) is 0 Å². The van der Waals surface area contributed by atoms with E-state index >= 15 is 0 Å². The van der Waals surface area contributed by atoms with Crippen LogP contribution in [0.15, 0.2) is 24.3 Å². The van der Waals surface area contributed by atoms with Crippen molar-refractivity contribution in [1.29, 1.82) is 0 Å². The highest BCUT2D eigenvalue weighted by atomic mass is 16.5. The topological polar surface area (TPSA) is 52.6 Å². The third kappa shape index (κ3) is 4.88. The summed E-state index contributed by atoms with van der Waals surface area (Å²) >= 11 is 0. The lowest BCUT2D eigenvalue weighted by molar-refractivity contribution is 0.0499. The average Bonchev–Trinajstić information content (AvgIpc) is 2.47. The number of hydrogen-bond acceptors (Lipinski definition) is 4. The van der Waals surface area contributed by atoms with Crippen LogP contribution >= 0.6 is 0 Å². The highest BCUT2D eigenvalue weighted by Gasteiger charge is 2.10. The van der Waals surface area contributed by atoms with E-state index in [0.717, 1.165) is 0 Å². The first-order valence-electron chi connectivity index (χ1n) is 6.00. The second kappa shape index (κ2) is 8.39. The van der Waals surface area contributed by atoms with Gasteiger partial charge in [-0.3, -0.25) is 0 Å². The summed E-state index contributed by atoms with van der Waals surface area (Å²) in [6, 6.07) is 5.98. The number of terminal acetylenes is 2. The second-order valence-electron chi connectivity index (χ2n) is 3.76. The molecule has 0 amide bonds. The molecule has 0 unspecified atom stereocenters. The lowest BCUT2D eigenvalue weighted by Crippen LogP contribution is -2.08. The van der Waals surface area contributed by atoms with Crippen molar-refractivity contribution in [2.75, 3.05) is 13.2 Å². The van der Waals surface area contributed by atoms with Crippen molar-refractivity contribution in [2.24, 2.45) is 0 Å². The number of benzene rings is 1. The Morgan fingerprint density at radius 1 is 0.850 bits per heavy atom. The van der Waals surface area contributed by atoms with Gasteiger partial charge in [0.15, 0.2) is 0 Å². The molecule has 0 atom stereocenters. The van der Waals surface area contributed by atoms with Gasteiger partial charge in [0.2, 0.25) is 0 Å². The Kier molecular flexibility index (Phi) is 6.44. The Balaban J connectivity index is 2.56. The van der Waals surface area contributed by atoms with Gasteiger partial charge in [-0.2, -0.15) is 0 Å². The third-order valence-corrected chi connectivity index (χ3v) is 2.32. The first-order chi connectivity index (χ1) is 9.69. The molecule has 0 aliphatic heterocycles. The van der Waals surface area contributed by atoms with Crippen molar-refractivity contribution in [3.05, 3.63) is 35.4 Å². The van der Waals surface area contributed by atoms with Crippen LogP contribution in [0.1, 0.15) is 33.6 Å². The maximum Gasteiger partial charge on any atom is 0.338 e. The van der Waals surface area contributed by atoms with E-state index in [0.29, 0.717) is 24.0 Å². The Bertz CT molecular complexity index is 492. The largest absolute Gasteiger partial charge is 0.461 e. The molecule has 0 aromatic heterocycles. The predicted molar refractivity (Wildman–Crippen MR) is 73.9 cm³/mol. The van der Waals surface area contributed by atoms with Crippen molar-refractivity contribution in [2.45, 2.75) is 12.8 Å². The molecule has 102 valence electrons. The van der Waals surface area contributed by atoms with Gasteiger partial charge in [0.1, 0.15) is 13.2 Å². The molecule has 1 aromatic carbocycles. The minimum Gasteiger partial charge on any atom is -0.461 e. The summed E-state index contributed by atoms with van der Waals surface area (Å²) in [4.78, 5) is 23.2. The Labute approximate surface area is 118 Å². The molecule has 4 heteroatoms. The molecule has 0 radical (unpaired) electrons. The summed E-state index contributed by atoms with van der Waals surface area (Å²) in [7, 11) is 0. The number of carbonyl (C=O) groups excluding carboxylic acids is 2. The molecule has 0 saturated heterocycles. The first kappa shape index (κ1) is 15.3. The molecule has 1 aromatic rings. The highest BCUT2D eigenvalue weighted by molar-refractivity contribution is 5.93. The van der Waals surface area contributed by atoms with E-state index in [1.807, 2.05) is 0 Å². The van der Waals surface area contributed by atoms with Crippen LogP contribution in [0.3, 0.4) is 0 Å². The fourth-order valence-corrected chi connectivity index (χ4v) is 1.31. The van der Waals surface area contributed by atoms with Crippen molar-refractivity contribution >= 4 is 11.9 Å². The smallest absolute Gasteiger partial charge is 0.338 e. The molecule has 20 heavy (non-hydrogen) atoms. The van der Waals surface area contributed by atoms with Gasteiger partial charge < -0.3 is 9.47 Å². The number of esters is 2. The van der Waals surface area contributed by atoms with E-state index < -0.39 is 11.9 Å². The molecule has 0 N–H and O–H groups in total. The zero-order chi connectivity index (χ0) is 14.8. The highest BCUT2D eigenvalue weighted by Crippen LogP contribution is 2.08.